The predicted octanol–water partition coefficient (Wildman–Crippen LogP) is 2.75. The molecule has 3 rings (SSSR count). The maximum atomic E-state index is 11.1. The topological polar surface area (TPSA) is 67.5 Å². The quantitative estimate of drug-likeness (QED) is 0.779. The van der Waals surface area contributed by atoms with Gasteiger partial charge in [0.25, 0.3) is 0 Å². The van der Waals surface area contributed by atoms with Gasteiger partial charge in [0.15, 0.2) is 5.65 Å². The lowest BCUT2D eigenvalue weighted by Gasteiger charge is -2.07. The van der Waals surface area contributed by atoms with Crippen molar-refractivity contribution in [1.82, 2.24) is 14.6 Å². The first-order valence-corrected chi connectivity index (χ1v) is 5.86. The maximum absolute atomic E-state index is 11.1. The van der Waals surface area contributed by atoms with Gasteiger partial charge in [-0.05, 0) is 12.1 Å². The van der Waals surface area contributed by atoms with Crippen LogP contribution in [0.3, 0.4) is 0 Å². The van der Waals surface area contributed by atoms with E-state index in [0.717, 1.165) is 5.56 Å². The van der Waals surface area contributed by atoms with Crippen molar-refractivity contribution >= 4 is 23.2 Å². The lowest BCUT2D eigenvalue weighted by molar-refractivity contribution is 0.0696. The zero-order valence-electron chi connectivity index (χ0n) is 9.62. The minimum atomic E-state index is -1.01. The van der Waals surface area contributed by atoms with E-state index in [4.69, 9.17) is 16.7 Å². The van der Waals surface area contributed by atoms with Crippen LogP contribution < -0.4 is 0 Å². The molecule has 0 saturated carbocycles. The molecule has 0 aliphatic heterocycles. The number of aromatic carboxylic acids is 1. The number of pyridine rings is 1. The van der Waals surface area contributed by atoms with E-state index in [1.54, 1.807) is 16.5 Å². The summed E-state index contributed by atoms with van der Waals surface area (Å²) in [6, 6.07) is 8.76. The van der Waals surface area contributed by atoms with Crippen molar-refractivity contribution in [3.63, 3.8) is 0 Å². The van der Waals surface area contributed by atoms with Gasteiger partial charge in [-0.3, -0.25) is 4.40 Å². The Balaban J connectivity index is 2.36. The van der Waals surface area contributed by atoms with E-state index in [0.29, 0.717) is 16.2 Å². The predicted molar refractivity (Wildman–Crippen MR) is 70.4 cm³/mol. The van der Waals surface area contributed by atoms with E-state index >= 15 is 0 Å². The molecule has 0 aliphatic carbocycles. The van der Waals surface area contributed by atoms with Crippen LogP contribution in [0.15, 0.2) is 42.9 Å². The monoisotopic (exact) mass is 273 g/mol. The summed E-state index contributed by atoms with van der Waals surface area (Å²) in [7, 11) is 0. The molecule has 0 fully saturated rings. The zero-order valence-corrected chi connectivity index (χ0v) is 10.4. The molecular weight excluding hydrogens is 266 g/mol. The van der Waals surface area contributed by atoms with Crippen molar-refractivity contribution in [2.75, 3.05) is 0 Å². The van der Waals surface area contributed by atoms with Crippen LogP contribution in [0.4, 0.5) is 0 Å². The van der Waals surface area contributed by atoms with Gasteiger partial charge in [-0.15, -0.1) is 10.2 Å². The molecule has 0 amide bonds. The number of halogens is 1. The minimum Gasteiger partial charge on any atom is -0.478 e. The molecule has 0 aliphatic rings. The number of hydrogen-bond acceptors (Lipinski definition) is 3. The number of carboxylic acids is 1. The highest BCUT2D eigenvalue weighted by Crippen LogP contribution is 2.30. The van der Waals surface area contributed by atoms with E-state index in [1.807, 2.05) is 18.2 Å². The summed E-state index contributed by atoms with van der Waals surface area (Å²) in [6.45, 7) is 0. The average Bonchev–Trinajstić information content (AvgIpc) is 2.86. The molecule has 0 saturated heterocycles. The van der Waals surface area contributed by atoms with Gasteiger partial charge in [0, 0.05) is 22.3 Å². The van der Waals surface area contributed by atoms with Crippen molar-refractivity contribution in [2.24, 2.45) is 0 Å². The molecule has 1 aromatic carbocycles. The average molecular weight is 274 g/mol. The number of carboxylic acid groups (broad SMARTS) is 1. The lowest BCUT2D eigenvalue weighted by atomic mass is 10.1. The van der Waals surface area contributed by atoms with E-state index in [9.17, 15) is 4.79 Å². The van der Waals surface area contributed by atoms with Crippen LogP contribution in [-0.4, -0.2) is 25.7 Å². The molecule has 5 nitrogen and oxygen atoms in total. The minimum absolute atomic E-state index is 0.155. The number of carbonyl (C=O) groups is 1. The van der Waals surface area contributed by atoms with Crippen molar-refractivity contribution in [3.05, 3.63) is 53.4 Å². The van der Waals surface area contributed by atoms with Crippen LogP contribution in [0.5, 0.6) is 0 Å². The molecule has 2 aromatic heterocycles. The Morgan fingerprint density at radius 1 is 1.26 bits per heavy atom. The molecule has 3 aromatic rings. The van der Waals surface area contributed by atoms with Crippen LogP contribution in [0.2, 0.25) is 5.02 Å². The molecule has 0 bridgehead atoms. The SMILES string of the molecule is O=C(O)c1cc(-c2ccccc2Cl)c2nncn2c1. The molecule has 2 heterocycles. The third kappa shape index (κ3) is 1.94. The van der Waals surface area contributed by atoms with E-state index in [-0.39, 0.29) is 5.56 Å². The lowest BCUT2D eigenvalue weighted by Crippen LogP contribution is -2.00. The van der Waals surface area contributed by atoms with Gasteiger partial charge in [0.1, 0.15) is 6.33 Å². The Labute approximate surface area is 113 Å². The summed E-state index contributed by atoms with van der Waals surface area (Å²) in [5, 5.41) is 17.5. The molecule has 0 unspecified atom stereocenters. The van der Waals surface area contributed by atoms with E-state index in [1.165, 1.54) is 12.5 Å². The number of benzene rings is 1. The number of fused-ring (bicyclic) bond motifs is 1. The van der Waals surface area contributed by atoms with Gasteiger partial charge >= 0.3 is 5.97 Å². The van der Waals surface area contributed by atoms with Gasteiger partial charge in [-0.25, -0.2) is 4.79 Å². The molecule has 1 N–H and O–H groups in total. The van der Waals surface area contributed by atoms with Gasteiger partial charge in [0.2, 0.25) is 0 Å². The zero-order chi connectivity index (χ0) is 13.4. The van der Waals surface area contributed by atoms with Gasteiger partial charge in [-0.1, -0.05) is 29.8 Å². The Morgan fingerprint density at radius 2 is 2.05 bits per heavy atom. The number of aromatic nitrogens is 3. The number of nitrogens with zero attached hydrogens (tertiary/aromatic N) is 3. The summed E-state index contributed by atoms with van der Waals surface area (Å²) in [6.07, 6.45) is 2.93. The summed E-state index contributed by atoms with van der Waals surface area (Å²) >= 11 is 6.15. The fraction of sp³-hybridized carbons (Fsp3) is 0. The second kappa shape index (κ2) is 4.37. The van der Waals surface area contributed by atoms with Crippen molar-refractivity contribution < 1.29 is 9.90 Å². The molecule has 0 atom stereocenters. The highest BCUT2D eigenvalue weighted by Gasteiger charge is 2.14. The van der Waals surface area contributed by atoms with Crippen molar-refractivity contribution in [1.29, 1.82) is 0 Å². The summed E-state index contributed by atoms with van der Waals surface area (Å²) in [5.41, 5.74) is 2.09. The Hall–Kier alpha value is -2.40. The first-order valence-electron chi connectivity index (χ1n) is 5.48. The Kier molecular flexibility index (Phi) is 2.68. The first kappa shape index (κ1) is 11.7. The largest absolute Gasteiger partial charge is 0.478 e. The number of hydrogen-bond donors (Lipinski definition) is 1. The Bertz CT molecular complexity index is 782. The van der Waals surface area contributed by atoms with E-state index in [2.05, 4.69) is 10.2 Å². The normalized spacial score (nSPS) is 10.8. The number of rotatable bonds is 2. The van der Waals surface area contributed by atoms with Crippen LogP contribution in [0.25, 0.3) is 16.8 Å². The first-order chi connectivity index (χ1) is 9.16. The van der Waals surface area contributed by atoms with Gasteiger partial charge < -0.3 is 5.11 Å². The molecule has 0 radical (unpaired) electrons. The molecule has 19 heavy (non-hydrogen) atoms. The van der Waals surface area contributed by atoms with Crippen LogP contribution >= 0.6 is 11.6 Å². The third-order valence-electron chi connectivity index (χ3n) is 2.80. The smallest absolute Gasteiger partial charge is 0.337 e. The summed E-state index contributed by atoms with van der Waals surface area (Å²) in [4.78, 5) is 11.1. The molecule has 0 spiro atoms. The molecular formula is C13H8ClN3O2. The standard InChI is InChI=1S/C13H8ClN3O2/c14-11-4-2-1-3-9(11)10-5-8(13(18)19)6-17-7-15-16-12(10)17/h1-7H,(H,18,19). The summed E-state index contributed by atoms with van der Waals surface area (Å²) < 4.78 is 1.57. The highest BCUT2D eigenvalue weighted by atomic mass is 35.5. The van der Waals surface area contributed by atoms with Crippen LogP contribution in [0, 0.1) is 0 Å². The fourth-order valence-electron chi connectivity index (χ4n) is 1.93. The van der Waals surface area contributed by atoms with Crippen molar-refractivity contribution in [3.8, 4) is 11.1 Å². The van der Waals surface area contributed by atoms with Crippen molar-refractivity contribution in [2.45, 2.75) is 0 Å². The van der Waals surface area contributed by atoms with Gasteiger partial charge in [-0.2, -0.15) is 0 Å². The second-order valence-electron chi connectivity index (χ2n) is 3.99. The fourth-order valence-corrected chi connectivity index (χ4v) is 2.17. The molecule has 94 valence electrons. The maximum Gasteiger partial charge on any atom is 0.337 e. The summed E-state index contributed by atoms with van der Waals surface area (Å²) in [5.74, 6) is -1.01. The molecule has 6 heteroatoms. The van der Waals surface area contributed by atoms with Crippen LogP contribution in [0.1, 0.15) is 10.4 Å². The van der Waals surface area contributed by atoms with Crippen LogP contribution in [-0.2, 0) is 0 Å². The van der Waals surface area contributed by atoms with Gasteiger partial charge in [0.05, 0.1) is 5.56 Å². The Morgan fingerprint density at radius 3 is 2.79 bits per heavy atom. The highest BCUT2D eigenvalue weighted by molar-refractivity contribution is 6.33. The third-order valence-corrected chi connectivity index (χ3v) is 3.13. The van der Waals surface area contributed by atoms with E-state index < -0.39 is 5.97 Å². The second-order valence-corrected chi connectivity index (χ2v) is 4.40.